The molecule has 3 rings (SSSR count). The highest BCUT2D eigenvalue weighted by Gasteiger charge is 2.22. The smallest absolute Gasteiger partial charge is 0.353 e. The van der Waals surface area contributed by atoms with Gasteiger partial charge in [0.2, 0.25) is 0 Å². The highest BCUT2D eigenvalue weighted by atomic mass is 35.5. The molecule has 104 valence electrons. The molecule has 0 saturated heterocycles. The van der Waals surface area contributed by atoms with E-state index in [0.29, 0.717) is 41.0 Å². The number of hydrogen-bond donors (Lipinski definition) is 2. The maximum Gasteiger partial charge on any atom is 0.353 e. The summed E-state index contributed by atoms with van der Waals surface area (Å²) in [6.07, 6.45) is 0. The minimum absolute atomic E-state index is 0.0189. The van der Waals surface area contributed by atoms with Crippen LogP contribution in [0.2, 0.25) is 5.02 Å². The number of nitrogens with one attached hydrogen (secondary N) is 1. The van der Waals surface area contributed by atoms with Gasteiger partial charge in [-0.3, -0.25) is 5.10 Å². The Morgan fingerprint density at radius 2 is 2.05 bits per heavy atom. The van der Waals surface area contributed by atoms with E-state index in [1.54, 1.807) is 6.07 Å². The third-order valence-electron chi connectivity index (χ3n) is 3.10. The minimum Gasteiger partial charge on any atom is -0.486 e. The average molecular weight is 295 g/mol. The summed E-state index contributed by atoms with van der Waals surface area (Å²) in [5.74, 6) is 0.0387. The van der Waals surface area contributed by atoms with E-state index >= 15 is 0 Å². The number of H-pyrrole nitrogens is 1. The summed E-state index contributed by atoms with van der Waals surface area (Å²) in [7, 11) is 0. The fraction of sp³-hybridized carbons (Fsp3) is 0.231. The summed E-state index contributed by atoms with van der Waals surface area (Å²) >= 11 is 6.18. The SMILES string of the molecule is Cc1c(-c2cc(C(=O)O)[nH]n2)cc(Cl)c2c1OCCO2. The van der Waals surface area contributed by atoms with Gasteiger partial charge in [0.25, 0.3) is 0 Å². The van der Waals surface area contributed by atoms with Crippen LogP contribution < -0.4 is 9.47 Å². The topological polar surface area (TPSA) is 84.4 Å². The highest BCUT2D eigenvalue weighted by molar-refractivity contribution is 6.32. The molecule has 20 heavy (non-hydrogen) atoms. The number of fused-ring (bicyclic) bond motifs is 1. The summed E-state index contributed by atoms with van der Waals surface area (Å²) in [5.41, 5.74) is 2.04. The van der Waals surface area contributed by atoms with Crippen molar-refractivity contribution in [3.63, 3.8) is 0 Å². The lowest BCUT2D eigenvalue weighted by molar-refractivity contribution is 0.0690. The van der Waals surface area contributed by atoms with Crippen LogP contribution in [0.1, 0.15) is 16.1 Å². The van der Waals surface area contributed by atoms with Crippen LogP contribution in [0.3, 0.4) is 0 Å². The quantitative estimate of drug-likeness (QED) is 0.889. The number of carboxylic acids is 1. The lowest BCUT2D eigenvalue weighted by atomic mass is 10.0. The Bertz CT molecular complexity index is 696. The standard InChI is InChI=1S/C13H11ClN2O4/c1-6-7(9-5-10(13(17)18)16-15-9)4-8(14)12-11(6)19-2-3-20-12/h4-5H,2-3H2,1H3,(H,15,16)(H,17,18). The fourth-order valence-corrected chi connectivity index (χ4v) is 2.38. The average Bonchev–Trinajstić information content (AvgIpc) is 2.93. The Hall–Kier alpha value is -2.21. The molecular formula is C13H11ClN2O4. The molecule has 1 aromatic heterocycles. The van der Waals surface area contributed by atoms with E-state index in [1.807, 2.05) is 6.92 Å². The van der Waals surface area contributed by atoms with Crippen LogP contribution in [-0.4, -0.2) is 34.5 Å². The molecule has 0 saturated carbocycles. The second-order valence-corrected chi connectivity index (χ2v) is 4.77. The lowest BCUT2D eigenvalue weighted by Gasteiger charge is -2.22. The van der Waals surface area contributed by atoms with Crippen molar-refractivity contribution in [2.24, 2.45) is 0 Å². The number of hydrogen-bond acceptors (Lipinski definition) is 4. The van der Waals surface area contributed by atoms with Crippen molar-refractivity contribution in [3.05, 3.63) is 28.4 Å². The molecule has 1 aliphatic heterocycles. The number of aromatic amines is 1. The summed E-state index contributed by atoms with van der Waals surface area (Å²) in [6, 6.07) is 3.16. The molecule has 6 nitrogen and oxygen atoms in total. The first-order valence-electron chi connectivity index (χ1n) is 5.95. The maximum absolute atomic E-state index is 10.9. The van der Waals surface area contributed by atoms with Crippen LogP contribution in [0, 0.1) is 6.92 Å². The van der Waals surface area contributed by atoms with Crippen molar-refractivity contribution in [2.45, 2.75) is 6.92 Å². The number of carboxylic acid groups (broad SMARTS) is 1. The molecule has 0 aliphatic carbocycles. The van der Waals surface area contributed by atoms with Crippen LogP contribution in [0.25, 0.3) is 11.3 Å². The van der Waals surface area contributed by atoms with E-state index in [2.05, 4.69) is 10.2 Å². The van der Waals surface area contributed by atoms with Crippen LogP contribution in [0.15, 0.2) is 12.1 Å². The summed E-state index contributed by atoms with van der Waals surface area (Å²) in [4.78, 5) is 10.9. The maximum atomic E-state index is 10.9. The van der Waals surface area contributed by atoms with E-state index in [9.17, 15) is 4.79 Å². The molecular weight excluding hydrogens is 284 g/mol. The third kappa shape index (κ3) is 1.98. The predicted octanol–water partition coefficient (Wildman–Crippen LogP) is 2.51. The number of aromatic nitrogens is 2. The van der Waals surface area contributed by atoms with E-state index in [0.717, 1.165) is 5.56 Å². The first kappa shape index (κ1) is 12.8. The molecule has 1 aliphatic rings. The second-order valence-electron chi connectivity index (χ2n) is 4.36. The Morgan fingerprint density at radius 3 is 2.70 bits per heavy atom. The Balaban J connectivity index is 2.13. The highest BCUT2D eigenvalue weighted by Crippen LogP contribution is 2.44. The van der Waals surface area contributed by atoms with Crippen molar-refractivity contribution in [1.29, 1.82) is 0 Å². The normalized spacial score (nSPS) is 13.3. The molecule has 0 bridgehead atoms. The van der Waals surface area contributed by atoms with Gasteiger partial charge in [0.1, 0.15) is 18.9 Å². The summed E-state index contributed by atoms with van der Waals surface area (Å²) in [6.45, 7) is 2.76. The van der Waals surface area contributed by atoms with Gasteiger partial charge >= 0.3 is 5.97 Å². The number of aromatic carboxylic acids is 1. The van der Waals surface area contributed by atoms with Crippen LogP contribution in [-0.2, 0) is 0 Å². The van der Waals surface area contributed by atoms with Gasteiger partial charge in [-0.25, -0.2) is 4.79 Å². The van der Waals surface area contributed by atoms with Crippen molar-refractivity contribution in [3.8, 4) is 22.8 Å². The molecule has 2 heterocycles. The minimum atomic E-state index is -1.06. The molecule has 0 fully saturated rings. The van der Waals surface area contributed by atoms with E-state index in [1.165, 1.54) is 6.07 Å². The van der Waals surface area contributed by atoms with Gasteiger partial charge in [0.15, 0.2) is 11.5 Å². The zero-order valence-electron chi connectivity index (χ0n) is 10.6. The molecule has 0 atom stereocenters. The van der Waals surface area contributed by atoms with Crippen molar-refractivity contribution >= 4 is 17.6 Å². The monoisotopic (exact) mass is 294 g/mol. The summed E-state index contributed by atoms with van der Waals surface area (Å²) in [5, 5.41) is 15.8. The number of nitrogens with zero attached hydrogens (tertiary/aromatic N) is 1. The largest absolute Gasteiger partial charge is 0.486 e. The predicted molar refractivity (Wildman–Crippen MR) is 71.7 cm³/mol. The molecule has 0 spiro atoms. The Labute approximate surface area is 119 Å². The van der Waals surface area contributed by atoms with Crippen molar-refractivity contribution in [2.75, 3.05) is 13.2 Å². The zero-order valence-corrected chi connectivity index (χ0v) is 11.3. The van der Waals surface area contributed by atoms with Crippen molar-refractivity contribution in [1.82, 2.24) is 10.2 Å². The second kappa shape index (κ2) is 4.72. The Kier molecular flexibility index (Phi) is 3.02. The first-order chi connectivity index (χ1) is 9.58. The molecule has 2 N–H and O–H groups in total. The van der Waals surface area contributed by atoms with Gasteiger partial charge in [-0.2, -0.15) is 5.10 Å². The third-order valence-corrected chi connectivity index (χ3v) is 3.38. The molecule has 2 aromatic rings. The van der Waals surface area contributed by atoms with Crippen molar-refractivity contribution < 1.29 is 19.4 Å². The van der Waals surface area contributed by atoms with Gasteiger partial charge in [-0.15, -0.1) is 0 Å². The summed E-state index contributed by atoms with van der Waals surface area (Å²) < 4.78 is 11.1. The molecule has 0 radical (unpaired) electrons. The molecule has 0 amide bonds. The number of ether oxygens (including phenoxy) is 2. The Morgan fingerprint density at radius 1 is 1.35 bits per heavy atom. The first-order valence-corrected chi connectivity index (χ1v) is 6.33. The fourth-order valence-electron chi connectivity index (χ4n) is 2.13. The number of carbonyl (C=O) groups is 1. The van der Waals surface area contributed by atoms with E-state index < -0.39 is 5.97 Å². The van der Waals surface area contributed by atoms with Crippen LogP contribution in [0.4, 0.5) is 0 Å². The van der Waals surface area contributed by atoms with Gasteiger partial charge in [0, 0.05) is 11.1 Å². The van der Waals surface area contributed by atoms with Crippen LogP contribution in [0.5, 0.6) is 11.5 Å². The van der Waals surface area contributed by atoms with Gasteiger partial charge in [-0.1, -0.05) is 11.6 Å². The van der Waals surface area contributed by atoms with Gasteiger partial charge in [0.05, 0.1) is 10.7 Å². The van der Waals surface area contributed by atoms with Gasteiger partial charge < -0.3 is 14.6 Å². The molecule has 1 aromatic carbocycles. The van der Waals surface area contributed by atoms with Crippen LogP contribution >= 0.6 is 11.6 Å². The van der Waals surface area contributed by atoms with E-state index in [-0.39, 0.29) is 5.69 Å². The van der Waals surface area contributed by atoms with E-state index in [4.69, 9.17) is 26.2 Å². The number of halogens is 1. The number of benzene rings is 1. The van der Waals surface area contributed by atoms with Gasteiger partial charge in [-0.05, 0) is 19.1 Å². The lowest BCUT2D eigenvalue weighted by Crippen LogP contribution is -2.16. The zero-order chi connectivity index (χ0) is 14.3. The molecule has 0 unspecified atom stereocenters. The number of rotatable bonds is 2. The molecule has 7 heteroatoms.